The van der Waals surface area contributed by atoms with Crippen LogP contribution >= 0.6 is 22.6 Å². The van der Waals surface area contributed by atoms with Crippen LogP contribution in [0.1, 0.15) is 68.9 Å². The maximum atomic E-state index is 12.5. The average Bonchev–Trinajstić information content (AvgIpc) is 4.34. The van der Waals surface area contributed by atoms with Crippen LogP contribution < -0.4 is 16.2 Å². The second kappa shape index (κ2) is 30.3. The van der Waals surface area contributed by atoms with Gasteiger partial charge >= 0.3 is 12.2 Å². The van der Waals surface area contributed by atoms with Crippen LogP contribution in [0, 0.1) is 27.0 Å². The zero-order chi connectivity index (χ0) is 61.7. The van der Waals surface area contributed by atoms with Gasteiger partial charge in [0.05, 0.1) is 28.7 Å². The Bertz CT molecular complexity index is 3760. The van der Waals surface area contributed by atoms with Crippen LogP contribution in [-0.4, -0.2) is 101 Å². The van der Waals surface area contributed by atoms with Gasteiger partial charge in [0.1, 0.15) is 33.2 Å². The Morgan fingerprint density at radius 2 is 1.20 bits per heavy atom. The standard InChI is InChI=1S/C18H14N4.C18H22N2O3Si.C12H13IN2O2.C8H10N2.C5H10Si.CH2O3/c1-2-4-13(5-3-1)10-18-20-9-7-17(22-18)15-12-21-16-6-8-19-11-14(15)16;1-18(2,3)23-17(22)20-12-14(13-11-19-9-7-15(13)20)16(21)8-10-24(4,5)6;1-12(2,3)17-11(16)15-7-9(13)8-6-14-5-4-10(8)15;9-8(10)6-7-4-2-1-3-5-7;1-5-6(2,3)4;2-1(3)4/h1-9,11-12,21H,10H2;7,9,11-12H,1-6H3;4-7H,1-3H3;1-5H,6H2,(H3,9,10);1H,2-4H3;(H2,2,3,4). The fraction of sp³-hybridized carbons (Fsp3) is 0.258. The van der Waals surface area contributed by atoms with Crippen molar-refractivity contribution in [2.75, 3.05) is 0 Å². The van der Waals surface area contributed by atoms with E-state index < -0.39 is 39.6 Å². The number of carbonyl (C=O) groups excluding carboxylic acids is 3. The Balaban J connectivity index is 0.000000232. The fourth-order valence-electron chi connectivity index (χ4n) is 6.94. The highest BCUT2D eigenvalue weighted by Gasteiger charge is 2.24. The van der Waals surface area contributed by atoms with Gasteiger partial charge in [-0.2, -0.15) is 0 Å². The number of hydrogen-bond acceptors (Lipinski definition) is 12. The number of ketones is 1. The van der Waals surface area contributed by atoms with E-state index in [0.29, 0.717) is 28.7 Å². The minimum Gasteiger partial charge on any atom is -0.565 e. The summed E-state index contributed by atoms with van der Waals surface area (Å²) in [5, 5.41) is 23.3. The first-order chi connectivity index (χ1) is 38.8. The monoisotopic (exact) mass is 1270 g/mol. The zero-order valence-corrected chi connectivity index (χ0v) is 53.0. The van der Waals surface area contributed by atoms with Crippen LogP contribution in [0.5, 0.6) is 0 Å². The van der Waals surface area contributed by atoms with Crippen LogP contribution in [0.15, 0.2) is 147 Å². The highest BCUT2D eigenvalue weighted by molar-refractivity contribution is 14.1. The number of carbonyl (C=O) groups is 4. The van der Waals surface area contributed by atoms with Crippen LogP contribution in [0.3, 0.4) is 0 Å². The van der Waals surface area contributed by atoms with Crippen molar-refractivity contribution in [1.29, 1.82) is 0 Å². The van der Waals surface area contributed by atoms with E-state index >= 15 is 0 Å². The number of amidine groups is 1. The predicted octanol–water partition coefficient (Wildman–Crippen LogP) is 10.6. The van der Waals surface area contributed by atoms with E-state index in [2.05, 4.69) is 116 Å². The molecule has 0 aliphatic carbocycles. The van der Waals surface area contributed by atoms with Gasteiger partial charge in [0.2, 0.25) is 17.8 Å². The molecule has 2 aromatic carbocycles. The summed E-state index contributed by atoms with van der Waals surface area (Å²) in [5.41, 5.74) is 17.2. The lowest BCUT2D eigenvalue weighted by molar-refractivity contribution is -0.275. The largest absolute Gasteiger partial charge is 0.565 e. The van der Waals surface area contributed by atoms with E-state index in [1.807, 2.05) is 100 Å². The molecule has 0 atom stereocenters. The third-order valence-electron chi connectivity index (χ3n) is 10.5. The van der Waals surface area contributed by atoms with Crippen molar-refractivity contribution >= 4 is 101 Å². The van der Waals surface area contributed by atoms with Gasteiger partial charge in [-0.25, -0.2) is 19.6 Å². The molecule has 7 aromatic heterocycles. The average molecular weight is 1270 g/mol. The molecule has 0 aliphatic rings. The van der Waals surface area contributed by atoms with Crippen molar-refractivity contribution in [3.63, 3.8) is 0 Å². The van der Waals surface area contributed by atoms with Crippen molar-refractivity contribution in [3.8, 4) is 34.7 Å². The molecule has 83 heavy (non-hydrogen) atoms. The van der Waals surface area contributed by atoms with Crippen LogP contribution in [0.4, 0.5) is 14.4 Å². The number of nitrogens with one attached hydrogen (secondary N) is 1. The Hall–Kier alpha value is -8.78. The van der Waals surface area contributed by atoms with Crippen molar-refractivity contribution in [2.45, 2.75) is 105 Å². The molecule has 432 valence electrons. The molecule has 0 amide bonds. The molecular formula is C62H71IN10O8Si2. The van der Waals surface area contributed by atoms with Crippen LogP contribution in [-0.2, 0) is 22.3 Å². The number of terminal acetylenes is 1. The molecule has 7 heterocycles. The molecule has 0 fully saturated rings. The minimum absolute atomic E-state index is 0.308. The molecule has 0 spiro atoms. The van der Waals surface area contributed by atoms with Crippen molar-refractivity contribution in [2.24, 2.45) is 5.73 Å². The summed E-state index contributed by atoms with van der Waals surface area (Å²) in [4.78, 5) is 70.0. The van der Waals surface area contributed by atoms with Gasteiger partial charge in [-0.1, -0.05) is 99.9 Å². The number of nitrogens with zero attached hydrogens (tertiary/aromatic N) is 7. The Kier molecular flexibility index (Phi) is 24.4. The molecule has 0 saturated heterocycles. The van der Waals surface area contributed by atoms with Crippen LogP contribution in [0.2, 0.25) is 39.3 Å². The summed E-state index contributed by atoms with van der Waals surface area (Å²) in [7, 11) is -2.77. The quantitative estimate of drug-likeness (QED) is 0.0301. The SMILES string of the molecule is C#C[Si](C)(C)C.CC(C)(C)OC(=O)n1cc(C(=O)C#C[Si](C)(C)C)c2cnccc21.CC(C)(C)OC(=O)n1cc(I)c2cnccc21.NC(=[NH2+])Cc1ccccc1.O=C([O-])O.c1ccc(Cc2nccc(-c3c[nH]c4ccncc34)n2)cc1. The first kappa shape index (κ1) is 66.7. The van der Waals surface area contributed by atoms with E-state index in [4.69, 9.17) is 47.0 Å². The molecule has 21 heteroatoms. The molecule has 0 bridgehead atoms. The number of nitrogens with two attached hydrogens (primary N) is 2. The predicted molar refractivity (Wildman–Crippen MR) is 339 cm³/mol. The van der Waals surface area contributed by atoms with Crippen LogP contribution in [0.25, 0.3) is 44.0 Å². The number of benzene rings is 2. The number of ether oxygens (including phenoxy) is 2. The number of rotatable bonds is 6. The summed E-state index contributed by atoms with van der Waals surface area (Å²) in [6.07, 6.45) is 20.8. The number of halogens is 1. The number of hydrogen-bond donors (Lipinski definition) is 4. The molecule has 18 nitrogen and oxygen atoms in total. The summed E-state index contributed by atoms with van der Waals surface area (Å²) < 4.78 is 14.6. The highest BCUT2D eigenvalue weighted by atomic mass is 127. The van der Waals surface area contributed by atoms with Gasteiger partial charge in [0.25, 0.3) is 0 Å². The third kappa shape index (κ3) is 23.3. The maximum Gasteiger partial charge on any atom is 0.419 e. The Morgan fingerprint density at radius 3 is 1.71 bits per heavy atom. The normalized spacial score (nSPS) is 10.8. The fourth-order valence-corrected chi connectivity index (χ4v) is 8.12. The summed E-state index contributed by atoms with van der Waals surface area (Å²) in [5.74, 6) is 3.69. The third-order valence-corrected chi connectivity index (χ3v) is 13.1. The van der Waals surface area contributed by atoms with Gasteiger partial charge in [-0.15, -0.1) is 17.5 Å². The van der Waals surface area contributed by atoms with Crippen molar-refractivity contribution < 1.29 is 44.3 Å². The minimum atomic E-state index is -2.08. The highest BCUT2D eigenvalue weighted by Crippen LogP contribution is 2.27. The van der Waals surface area contributed by atoms with Gasteiger partial charge in [0, 0.05) is 99.2 Å². The molecule has 6 N–H and O–H groups in total. The molecule has 9 aromatic rings. The maximum absolute atomic E-state index is 12.5. The lowest BCUT2D eigenvalue weighted by atomic mass is 10.1. The van der Waals surface area contributed by atoms with Gasteiger partial charge in [-0.3, -0.25) is 40.0 Å². The van der Waals surface area contributed by atoms with Crippen molar-refractivity contribution in [1.82, 2.24) is 39.0 Å². The second-order valence-electron chi connectivity index (χ2n) is 22.4. The number of carboxylic acid groups (broad SMARTS) is 2. The first-order valence-electron chi connectivity index (χ1n) is 26.0. The summed E-state index contributed by atoms with van der Waals surface area (Å²) in [6, 6.07) is 27.6. The first-order valence-corrected chi connectivity index (χ1v) is 34.1. The lowest BCUT2D eigenvalue weighted by Crippen LogP contribution is -2.46. The number of aromatic amines is 1. The molecular weight excluding hydrogens is 1200 g/mol. The van der Waals surface area contributed by atoms with E-state index in [1.165, 1.54) is 20.9 Å². The number of aromatic nitrogens is 8. The number of pyridine rings is 3. The van der Waals surface area contributed by atoms with E-state index in [-0.39, 0.29) is 11.9 Å². The smallest absolute Gasteiger partial charge is 0.419 e. The number of Topliss-reactive ketones (excluding diaryl/α,β-unsaturated/α-hetero) is 1. The summed E-state index contributed by atoms with van der Waals surface area (Å²) in [6.45, 7) is 23.6. The summed E-state index contributed by atoms with van der Waals surface area (Å²) >= 11 is 2.18. The molecule has 9 rings (SSSR count). The van der Waals surface area contributed by atoms with E-state index in [9.17, 15) is 14.4 Å². The molecule has 0 aliphatic heterocycles. The topological polar surface area (TPSA) is 272 Å². The Morgan fingerprint density at radius 1 is 0.723 bits per heavy atom. The number of fused-ring (bicyclic) bond motifs is 3. The van der Waals surface area contributed by atoms with Gasteiger partial charge in [-0.05, 0) is 105 Å². The number of H-pyrrole nitrogens is 1. The Labute approximate surface area is 500 Å². The molecule has 0 radical (unpaired) electrons. The van der Waals surface area contributed by atoms with E-state index in [0.717, 1.165) is 54.4 Å². The van der Waals surface area contributed by atoms with Crippen molar-refractivity contribution in [3.05, 3.63) is 173 Å². The zero-order valence-electron chi connectivity index (χ0n) is 48.8. The van der Waals surface area contributed by atoms with E-state index in [1.54, 1.807) is 70.1 Å². The van der Waals surface area contributed by atoms with Gasteiger partial charge in [0.15, 0.2) is 0 Å². The lowest BCUT2D eigenvalue weighted by Gasteiger charge is -2.19. The molecule has 0 saturated carbocycles. The molecule has 0 unspecified atom stereocenters. The second-order valence-corrected chi connectivity index (χ2v) is 33.1. The van der Waals surface area contributed by atoms with Gasteiger partial charge < -0.3 is 29.5 Å².